The molecule has 1 heterocycles. The molecule has 5 heteroatoms. The monoisotopic (exact) mass is 266 g/mol. The van der Waals surface area contributed by atoms with Crippen LogP contribution in [0.4, 0.5) is 0 Å². The van der Waals surface area contributed by atoms with Gasteiger partial charge >= 0.3 is 89.2 Å². The second kappa shape index (κ2) is 4.49. The quantitative estimate of drug-likeness (QED) is 0.723. The zero-order valence-corrected chi connectivity index (χ0v) is 11.7. The van der Waals surface area contributed by atoms with Crippen LogP contribution in [0.15, 0.2) is 0 Å². The molecular formula is C9H20GeO4. The molecule has 1 aliphatic heterocycles. The standard InChI is InChI=1S/C9H20GeO4/c1-8(2)9(3)6-13-10(11-4,12-5)14-7-9/h8H,6-7H2,1-5H3. The second-order valence-corrected chi connectivity index (χ2v) is 9.32. The predicted molar refractivity (Wildman–Crippen MR) is 54.6 cm³/mol. The number of hydrogen-bond donors (Lipinski definition) is 0. The van der Waals surface area contributed by atoms with Crippen LogP contribution in [0.3, 0.4) is 0 Å². The maximum absolute atomic E-state index is 5.66. The van der Waals surface area contributed by atoms with E-state index in [1.165, 1.54) is 0 Å². The number of rotatable bonds is 3. The molecule has 1 rings (SSSR count). The van der Waals surface area contributed by atoms with E-state index in [4.69, 9.17) is 15.1 Å². The van der Waals surface area contributed by atoms with Gasteiger partial charge in [-0.3, -0.25) is 0 Å². The van der Waals surface area contributed by atoms with Crippen molar-refractivity contribution in [3.63, 3.8) is 0 Å². The van der Waals surface area contributed by atoms with Crippen molar-refractivity contribution in [2.24, 2.45) is 11.3 Å². The SMILES string of the molecule is C[O][Ge]1([O]C)[O]CC(C)(C(C)C)C[O]1. The van der Waals surface area contributed by atoms with Crippen LogP contribution in [-0.2, 0) is 15.1 Å². The van der Waals surface area contributed by atoms with Crippen LogP contribution in [0.5, 0.6) is 0 Å². The van der Waals surface area contributed by atoms with Crippen molar-refractivity contribution >= 4 is 14.6 Å². The summed E-state index contributed by atoms with van der Waals surface area (Å²) in [5.41, 5.74) is 0.0752. The molecule has 0 aromatic heterocycles. The maximum atomic E-state index is 5.66. The summed E-state index contributed by atoms with van der Waals surface area (Å²) in [5.74, 6) is 0.525. The average molecular weight is 265 g/mol. The predicted octanol–water partition coefficient (Wildman–Crippen LogP) is 1.42. The molecule has 0 radical (unpaired) electrons. The molecule has 0 aromatic rings. The van der Waals surface area contributed by atoms with Crippen LogP contribution in [0.25, 0.3) is 0 Å². The molecule has 0 N–H and O–H groups in total. The average Bonchev–Trinajstić information content (AvgIpc) is 2.20. The zero-order valence-electron chi connectivity index (χ0n) is 9.62. The van der Waals surface area contributed by atoms with Crippen molar-refractivity contribution in [1.82, 2.24) is 0 Å². The Labute approximate surface area is 89.6 Å². The summed E-state index contributed by atoms with van der Waals surface area (Å²) in [7, 11) is 3.17. The van der Waals surface area contributed by atoms with Gasteiger partial charge in [0.05, 0.1) is 0 Å². The van der Waals surface area contributed by atoms with Gasteiger partial charge in [-0.25, -0.2) is 0 Å². The fraction of sp³-hybridized carbons (Fsp3) is 1.00. The van der Waals surface area contributed by atoms with Gasteiger partial charge in [-0.05, 0) is 0 Å². The van der Waals surface area contributed by atoms with Crippen molar-refractivity contribution in [2.45, 2.75) is 20.8 Å². The molecule has 84 valence electrons. The Hall–Kier alpha value is 0.383. The Balaban J connectivity index is 2.60. The minimum absolute atomic E-state index is 0.0752. The summed E-state index contributed by atoms with van der Waals surface area (Å²) in [6, 6.07) is 0. The molecule has 0 unspecified atom stereocenters. The van der Waals surface area contributed by atoms with E-state index in [0.717, 1.165) is 0 Å². The summed E-state index contributed by atoms with van der Waals surface area (Å²) in [4.78, 5) is 0. The molecule has 0 bridgehead atoms. The van der Waals surface area contributed by atoms with Gasteiger partial charge < -0.3 is 0 Å². The van der Waals surface area contributed by atoms with Crippen molar-refractivity contribution in [3.8, 4) is 0 Å². The molecule has 1 saturated heterocycles. The van der Waals surface area contributed by atoms with E-state index in [1.54, 1.807) is 14.2 Å². The summed E-state index contributed by atoms with van der Waals surface area (Å²) in [5, 5.41) is 0. The van der Waals surface area contributed by atoms with E-state index < -0.39 is 14.6 Å². The van der Waals surface area contributed by atoms with Crippen LogP contribution in [0.2, 0.25) is 0 Å². The van der Waals surface area contributed by atoms with Gasteiger partial charge in [-0.1, -0.05) is 0 Å². The second-order valence-electron chi connectivity index (χ2n) is 4.29. The van der Waals surface area contributed by atoms with Gasteiger partial charge in [0.15, 0.2) is 0 Å². The van der Waals surface area contributed by atoms with Crippen molar-refractivity contribution in [3.05, 3.63) is 0 Å². The minimum atomic E-state index is -3.28. The molecular weight excluding hydrogens is 245 g/mol. The fourth-order valence-corrected chi connectivity index (χ4v) is 4.88. The topological polar surface area (TPSA) is 36.9 Å². The van der Waals surface area contributed by atoms with Crippen molar-refractivity contribution in [1.29, 1.82) is 0 Å². The summed E-state index contributed by atoms with van der Waals surface area (Å²) in [6.45, 7) is 7.83. The molecule has 1 fully saturated rings. The van der Waals surface area contributed by atoms with Gasteiger partial charge in [-0.2, -0.15) is 0 Å². The third kappa shape index (κ3) is 2.31. The van der Waals surface area contributed by atoms with E-state index in [0.29, 0.717) is 19.1 Å². The van der Waals surface area contributed by atoms with E-state index in [9.17, 15) is 0 Å². The molecule has 4 nitrogen and oxygen atoms in total. The molecule has 0 aliphatic carbocycles. The van der Waals surface area contributed by atoms with Crippen LogP contribution in [0.1, 0.15) is 20.8 Å². The first-order valence-electron chi connectivity index (χ1n) is 4.86. The Morgan fingerprint density at radius 3 is 1.86 bits per heavy atom. The first kappa shape index (κ1) is 12.5. The van der Waals surface area contributed by atoms with E-state index >= 15 is 0 Å². The molecule has 0 spiro atoms. The van der Waals surface area contributed by atoms with Crippen molar-refractivity contribution in [2.75, 3.05) is 27.4 Å². The first-order valence-corrected chi connectivity index (χ1v) is 8.29. The zero-order chi connectivity index (χ0) is 10.8. The van der Waals surface area contributed by atoms with E-state index in [-0.39, 0.29) is 5.41 Å². The molecule has 0 aromatic carbocycles. The Bertz CT molecular complexity index is 175. The third-order valence-electron chi connectivity index (χ3n) is 3.05. The van der Waals surface area contributed by atoms with Crippen LogP contribution in [-0.4, -0.2) is 42.0 Å². The van der Waals surface area contributed by atoms with Gasteiger partial charge in [0.1, 0.15) is 0 Å². The third-order valence-corrected chi connectivity index (χ3v) is 7.24. The van der Waals surface area contributed by atoms with E-state index in [1.807, 2.05) is 0 Å². The molecule has 0 amide bonds. The first-order chi connectivity index (χ1) is 6.48. The number of hydrogen-bond acceptors (Lipinski definition) is 4. The molecule has 0 atom stereocenters. The Morgan fingerprint density at radius 1 is 1.14 bits per heavy atom. The summed E-state index contributed by atoms with van der Waals surface area (Å²) in [6.07, 6.45) is 0. The van der Waals surface area contributed by atoms with E-state index in [2.05, 4.69) is 20.8 Å². The van der Waals surface area contributed by atoms with Gasteiger partial charge in [0, 0.05) is 0 Å². The normalized spacial score (nSPS) is 25.3. The van der Waals surface area contributed by atoms with Crippen LogP contribution >= 0.6 is 0 Å². The van der Waals surface area contributed by atoms with Gasteiger partial charge in [0.25, 0.3) is 0 Å². The van der Waals surface area contributed by atoms with Gasteiger partial charge in [-0.15, -0.1) is 0 Å². The molecule has 14 heavy (non-hydrogen) atoms. The fourth-order valence-electron chi connectivity index (χ4n) is 1.24. The Kier molecular flexibility index (Phi) is 3.99. The Morgan fingerprint density at radius 2 is 1.57 bits per heavy atom. The molecule has 0 saturated carbocycles. The van der Waals surface area contributed by atoms with Crippen LogP contribution in [0, 0.1) is 11.3 Å². The van der Waals surface area contributed by atoms with Crippen molar-refractivity contribution < 1.29 is 15.1 Å². The van der Waals surface area contributed by atoms with Crippen LogP contribution < -0.4 is 0 Å². The summed E-state index contributed by atoms with van der Waals surface area (Å²) < 4.78 is 21.8. The van der Waals surface area contributed by atoms with Gasteiger partial charge in [0.2, 0.25) is 0 Å². The summed E-state index contributed by atoms with van der Waals surface area (Å²) >= 11 is -3.28. The molecule has 1 aliphatic rings.